The SMILES string of the molecule is Cc1ccc2c(c1)C(CN)N(CC(c1ccc(Cl)cc1)N(C)C)C2. The van der Waals surface area contributed by atoms with E-state index >= 15 is 0 Å². The summed E-state index contributed by atoms with van der Waals surface area (Å²) in [6, 6.07) is 15.5. The van der Waals surface area contributed by atoms with Gasteiger partial charge in [0.15, 0.2) is 0 Å². The largest absolute Gasteiger partial charge is 0.329 e. The molecule has 24 heavy (non-hydrogen) atoms. The fourth-order valence-electron chi connectivity index (χ4n) is 3.64. The molecule has 0 bridgehead atoms. The van der Waals surface area contributed by atoms with Crippen LogP contribution in [0.1, 0.15) is 34.3 Å². The van der Waals surface area contributed by atoms with E-state index in [-0.39, 0.29) is 0 Å². The molecule has 2 atom stereocenters. The van der Waals surface area contributed by atoms with Crippen molar-refractivity contribution >= 4 is 11.6 Å². The molecule has 2 N–H and O–H groups in total. The zero-order chi connectivity index (χ0) is 17.3. The molecule has 0 saturated heterocycles. The molecule has 3 nitrogen and oxygen atoms in total. The van der Waals surface area contributed by atoms with Gasteiger partial charge in [0.1, 0.15) is 0 Å². The van der Waals surface area contributed by atoms with E-state index in [1.54, 1.807) is 0 Å². The molecule has 0 spiro atoms. The number of fused-ring (bicyclic) bond motifs is 1. The van der Waals surface area contributed by atoms with Gasteiger partial charge in [0.2, 0.25) is 0 Å². The first kappa shape index (κ1) is 17.4. The molecule has 0 aliphatic carbocycles. The summed E-state index contributed by atoms with van der Waals surface area (Å²) in [7, 11) is 4.26. The lowest BCUT2D eigenvalue weighted by Crippen LogP contribution is -2.36. The summed E-state index contributed by atoms with van der Waals surface area (Å²) < 4.78 is 0. The lowest BCUT2D eigenvalue weighted by atomic mass is 10.0. The Morgan fingerprint density at radius 3 is 2.54 bits per heavy atom. The third kappa shape index (κ3) is 3.50. The second-order valence-corrected chi connectivity index (χ2v) is 7.35. The normalized spacial score (nSPS) is 18.8. The summed E-state index contributed by atoms with van der Waals surface area (Å²) in [4.78, 5) is 4.77. The second-order valence-electron chi connectivity index (χ2n) is 6.91. The van der Waals surface area contributed by atoms with Crippen molar-refractivity contribution in [3.05, 3.63) is 69.7 Å². The van der Waals surface area contributed by atoms with Gasteiger partial charge in [0, 0.05) is 36.7 Å². The molecule has 128 valence electrons. The van der Waals surface area contributed by atoms with Crippen LogP contribution < -0.4 is 5.73 Å². The number of likely N-dealkylation sites (N-methyl/N-ethyl adjacent to an activating group) is 1. The van der Waals surface area contributed by atoms with Crippen molar-refractivity contribution < 1.29 is 0 Å². The zero-order valence-electron chi connectivity index (χ0n) is 14.7. The van der Waals surface area contributed by atoms with Crippen LogP contribution in [0.5, 0.6) is 0 Å². The molecular formula is C20H26ClN3. The highest BCUT2D eigenvalue weighted by molar-refractivity contribution is 6.30. The minimum absolute atomic E-state index is 0.301. The van der Waals surface area contributed by atoms with Gasteiger partial charge in [-0.25, -0.2) is 0 Å². The molecule has 4 heteroatoms. The zero-order valence-corrected chi connectivity index (χ0v) is 15.4. The Morgan fingerprint density at radius 2 is 1.92 bits per heavy atom. The van der Waals surface area contributed by atoms with Crippen molar-refractivity contribution in [1.29, 1.82) is 0 Å². The van der Waals surface area contributed by atoms with Crippen LogP contribution in [0.3, 0.4) is 0 Å². The van der Waals surface area contributed by atoms with Gasteiger partial charge in [0.25, 0.3) is 0 Å². The first-order valence-electron chi connectivity index (χ1n) is 8.45. The molecular weight excluding hydrogens is 318 g/mol. The lowest BCUT2D eigenvalue weighted by Gasteiger charge is -2.32. The number of hydrogen-bond donors (Lipinski definition) is 1. The molecule has 0 aromatic heterocycles. The minimum Gasteiger partial charge on any atom is -0.329 e. The number of nitrogens with zero attached hydrogens (tertiary/aromatic N) is 2. The Hall–Kier alpha value is -1.39. The smallest absolute Gasteiger partial charge is 0.0478 e. The Bertz CT molecular complexity index is 697. The van der Waals surface area contributed by atoms with Gasteiger partial charge in [-0.05, 0) is 49.8 Å². The van der Waals surface area contributed by atoms with Crippen molar-refractivity contribution in [1.82, 2.24) is 9.80 Å². The van der Waals surface area contributed by atoms with E-state index in [4.69, 9.17) is 17.3 Å². The second kappa shape index (κ2) is 7.24. The highest BCUT2D eigenvalue weighted by Crippen LogP contribution is 2.35. The van der Waals surface area contributed by atoms with E-state index < -0.39 is 0 Å². The van der Waals surface area contributed by atoms with E-state index in [0.717, 1.165) is 18.1 Å². The van der Waals surface area contributed by atoms with Crippen molar-refractivity contribution in [2.24, 2.45) is 5.73 Å². The Morgan fingerprint density at radius 1 is 1.21 bits per heavy atom. The average molecular weight is 344 g/mol. The van der Waals surface area contributed by atoms with Gasteiger partial charge >= 0.3 is 0 Å². The van der Waals surface area contributed by atoms with E-state index in [9.17, 15) is 0 Å². The number of rotatable bonds is 5. The molecule has 0 radical (unpaired) electrons. The Balaban J connectivity index is 1.84. The lowest BCUT2D eigenvalue weighted by molar-refractivity contribution is 0.151. The third-order valence-electron chi connectivity index (χ3n) is 4.98. The van der Waals surface area contributed by atoms with Gasteiger partial charge in [-0.1, -0.05) is 47.5 Å². The maximum Gasteiger partial charge on any atom is 0.0478 e. The van der Waals surface area contributed by atoms with Crippen molar-refractivity contribution in [3.63, 3.8) is 0 Å². The van der Waals surface area contributed by atoms with E-state index in [2.05, 4.69) is 61.2 Å². The van der Waals surface area contributed by atoms with Gasteiger partial charge in [-0.3, -0.25) is 4.90 Å². The van der Waals surface area contributed by atoms with E-state index in [0.29, 0.717) is 18.6 Å². The molecule has 2 unspecified atom stereocenters. The third-order valence-corrected chi connectivity index (χ3v) is 5.24. The molecule has 0 fully saturated rings. The number of nitrogens with two attached hydrogens (primary N) is 1. The predicted octanol–water partition coefficient (Wildman–Crippen LogP) is 3.77. The van der Waals surface area contributed by atoms with Crippen LogP contribution in [0.15, 0.2) is 42.5 Å². The van der Waals surface area contributed by atoms with Gasteiger partial charge in [0.05, 0.1) is 0 Å². The molecule has 3 rings (SSSR count). The van der Waals surface area contributed by atoms with Crippen LogP contribution >= 0.6 is 11.6 Å². The van der Waals surface area contributed by atoms with E-state index in [1.165, 1.54) is 22.3 Å². The minimum atomic E-state index is 0.301. The van der Waals surface area contributed by atoms with Gasteiger partial charge in [-0.2, -0.15) is 0 Å². The number of hydrogen-bond acceptors (Lipinski definition) is 3. The topological polar surface area (TPSA) is 32.5 Å². The quantitative estimate of drug-likeness (QED) is 0.897. The summed E-state index contributed by atoms with van der Waals surface area (Å²) in [5.74, 6) is 0. The van der Waals surface area contributed by atoms with Crippen LogP contribution in [0.4, 0.5) is 0 Å². The van der Waals surface area contributed by atoms with E-state index in [1.807, 2.05) is 12.1 Å². The molecule has 1 heterocycles. The molecule has 0 amide bonds. The van der Waals surface area contributed by atoms with Crippen LogP contribution in [0.25, 0.3) is 0 Å². The Kier molecular flexibility index (Phi) is 5.26. The summed E-state index contributed by atoms with van der Waals surface area (Å²) in [5.41, 5.74) is 11.5. The van der Waals surface area contributed by atoms with Crippen LogP contribution in [-0.2, 0) is 6.54 Å². The molecule has 1 aliphatic heterocycles. The fraction of sp³-hybridized carbons (Fsp3) is 0.400. The van der Waals surface area contributed by atoms with Crippen LogP contribution in [0, 0.1) is 6.92 Å². The fourth-order valence-corrected chi connectivity index (χ4v) is 3.76. The highest BCUT2D eigenvalue weighted by Gasteiger charge is 2.31. The molecule has 1 aliphatic rings. The summed E-state index contributed by atoms with van der Waals surface area (Å²) in [6.45, 7) is 4.71. The highest BCUT2D eigenvalue weighted by atomic mass is 35.5. The molecule has 2 aromatic rings. The first-order valence-corrected chi connectivity index (χ1v) is 8.83. The molecule has 2 aromatic carbocycles. The molecule has 0 saturated carbocycles. The van der Waals surface area contributed by atoms with Crippen LogP contribution in [0.2, 0.25) is 5.02 Å². The maximum atomic E-state index is 6.13. The summed E-state index contributed by atoms with van der Waals surface area (Å²) in [5, 5.41) is 0.778. The predicted molar refractivity (Wildman–Crippen MR) is 101 cm³/mol. The Labute approximate surface area is 150 Å². The monoisotopic (exact) mass is 343 g/mol. The first-order chi connectivity index (χ1) is 11.5. The van der Waals surface area contributed by atoms with Gasteiger partial charge < -0.3 is 10.6 Å². The van der Waals surface area contributed by atoms with Crippen molar-refractivity contribution in [3.8, 4) is 0 Å². The van der Waals surface area contributed by atoms with Gasteiger partial charge in [-0.15, -0.1) is 0 Å². The average Bonchev–Trinajstić information content (AvgIpc) is 2.89. The number of benzene rings is 2. The maximum absolute atomic E-state index is 6.13. The summed E-state index contributed by atoms with van der Waals surface area (Å²) >= 11 is 6.05. The van der Waals surface area contributed by atoms with Crippen LogP contribution in [-0.4, -0.2) is 37.0 Å². The van der Waals surface area contributed by atoms with Crippen molar-refractivity contribution in [2.75, 3.05) is 27.2 Å². The summed E-state index contributed by atoms with van der Waals surface area (Å²) in [6.07, 6.45) is 0. The number of aryl methyl sites for hydroxylation is 1. The standard InChI is InChI=1S/C20H26ClN3/c1-14-4-5-16-12-24(19(11-22)18(16)10-14)13-20(23(2)3)15-6-8-17(21)9-7-15/h4-10,19-20H,11-13,22H2,1-3H3. The number of halogens is 1. The van der Waals surface area contributed by atoms with Crippen molar-refractivity contribution in [2.45, 2.75) is 25.6 Å².